The molecule has 0 aliphatic rings. The van der Waals surface area contributed by atoms with Crippen molar-refractivity contribution in [2.45, 2.75) is 16.7 Å². The average Bonchev–Trinajstić information content (AvgIpc) is 3.12. The van der Waals surface area contributed by atoms with E-state index in [1.54, 1.807) is 24.3 Å². The highest BCUT2D eigenvalue weighted by atomic mass is 32.2. The topological polar surface area (TPSA) is 195 Å². The standard InChI is InChI=1S/C19H13N5O7S2/c1-10-12(9-20)18-21-13-4-2-3-5-15(13)24(18)19(25)17(10)23-22-14-7-6-11(32(26,27)28)8-16(14)33(29,30)31/h2-8,21H,1H3,(H,26,27,28)(H,29,30,31). The van der Waals surface area contributed by atoms with Crippen LogP contribution in [0.5, 0.6) is 0 Å². The van der Waals surface area contributed by atoms with Crippen LogP contribution in [0.2, 0.25) is 0 Å². The van der Waals surface area contributed by atoms with Gasteiger partial charge in [0.15, 0.2) is 5.69 Å². The van der Waals surface area contributed by atoms with E-state index in [1.165, 1.54) is 11.3 Å². The Bertz CT molecular complexity index is 1810. The van der Waals surface area contributed by atoms with Crippen molar-refractivity contribution in [3.63, 3.8) is 0 Å². The summed E-state index contributed by atoms with van der Waals surface area (Å²) in [5.74, 6) is 0. The predicted molar refractivity (Wildman–Crippen MR) is 115 cm³/mol. The fourth-order valence-corrected chi connectivity index (χ4v) is 4.56. The first-order valence-electron chi connectivity index (χ1n) is 9.00. The summed E-state index contributed by atoms with van der Waals surface area (Å²) in [6.45, 7) is 1.46. The Kier molecular flexibility index (Phi) is 5.14. The summed E-state index contributed by atoms with van der Waals surface area (Å²) >= 11 is 0. The predicted octanol–water partition coefficient (Wildman–Crippen LogP) is 2.87. The number of pyridine rings is 1. The molecule has 0 amide bonds. The maximum Gasteiger partial charge on any atom is 0.296 e. The van der Waals surface area contributed by atoms with Crippen LogP contribution in [0.15, 0.2) is 67.3 Å². The molecule has 33 heavy (non-hydrogen) atoms. The molecule has 3 N–H and O–H groups in total. The molecule has 0 spiro atoms. The van der Waals surface area contributed by atoms with E-state index in [4.69, 9.17) is 4.55 Å². The van der Waals surface area contributed by atoms with Crippen molar-refractivity contribution in [2.75, 3.05) is 0 Å². The Morgan fingerprint density at radius 3 is 2.36 bits per heavy atom. The lowest BCUT2D eigenvalue weighted by atomic mass is 10.1. The second-order valence-electron chi connectivity index (χ2n) is 6.87. The molecule has 0 aliphatic carbocycles. The molecule has 2 aromatic carbocycles. The van der Waals surface area contributed by atoms with Gasteiger partial charge in [0.25, 0.3) is 25.8 Å². The van der Waals surface area contributed by atoms with Crippen LogP contribution in [0.4, 0.5) is 11.4 Å². The third kappa shape index (κ3) is 3.79. The summed E-state index contributed by atoms with van der Waals surface area (Å²) in [6, 6.07) is 11.1. The Balaban J connectivity index is 1.99. The maximum absolute atomic E-state index is 13.2. The van der Waals surface area contributed by atoms with E-state index in [9.17, 15) is 31.4 Å². The molecule has 2 aromatic heterocycles. The van der Waals surface area contributed by atoms with Crippen molar-refractivity contribution in [3.05, 3.63) is 63.9 Å². The molecular weight excluding hydrogens is 474 g/mol. The number of benzene rings is 2. The first-order chi connectivity index (χ1) is 15.4. The summed E-state index contributed by atoms with van der Waals surface area (Å²) < 4.78 is 65.9. The molecule has 0 aliphatic heterocycles. The maximum atomic E-state index is 13.2. The van der Waals surface area contributed by atoms with Gasteiger partial charge >= 0.3 is 0 Å². The summed E-state index contributed by atoms with van der Waals surface area (Å²) in [4.78, 5) is 14.4. The summed E-state index contributed by atoms with van der Waals surface area (Å²) in [7, 11) is -9.75. The number of azo groups is 1. The molecule has 12 nitrogen and oxygen atoms in total. The lowest BCUT2D eigenvalue weighted by molar-refractivity contribution is 0.481. The van der Waals surface area contributed by atoms with Crippen LogP contribution in [-0.4, -0.2) is 35.3 Å². The lowest BCUT2D eigenvalue weighted by Gasteiger charge is -2.06. The molecular formula is C19H13N5O7S2. The van der Waals surface area contributed by atoms with Crippen LogP contribution in [0.25, 0.3) is 16.7 Å². The van der Waals surface area contributed by atoms with Gasteiger partial charge in [-0.15, -0.1) is 10.2 Å². The second kappa shape index (κ2) is 7.60. The molecule has 0 bridgehead atoms. The first-order valence-corrected chi connectivity index (χ1v) is 11.9. The van der Waals surface area contributed by atoms with Crippen LogP contribution in [0, 0.1) is 18.3 Å². The molecule has 0 saturated heterocycles. The van der Waals surface area contributed by atoms with Crippen molar-refractivity contribution in [2.24, 2.45) is 10.2 Å². The quantitative estimate of drug-likeness (QED) is 0.288. The summed E-state index contributed by atoms with van der Waals surface area (Å²) in [5.41, 5.74) is 0.176. The van der Waals surface area contributed by atoms with Crippen LogP contribution in [0.3, 0.4) is 0 Å². The van der Waals surface area contributed by atoms with Crippen molar-refractivity contribution >= 4 is 48.3 Å². The Hall–Kier alpha value is -3.90. The number of fused-ring (bicyclic) bond motifs is 3. The summed E-state index contributed by atoms with van der Waals surface area (Å²) in [6.07, 6.45) is 0. The molecule has 0 unspecified atom stereocenters. The van der Waals surface area contributed by atoms with Gasteiger partial charge in [-0.2, -0.15) is 22.1 Å². The Labute approximate surface area is 185 Å². The SMILES string of the molecule is Cc1c(N=Nc2ccc(S(=O)(=O)O)cc2S(=O)(=O)O)c(=O)n2c([nH]c3ccccc32)c1C#N. The van der Waals surface area contributed by atoms with Crippen LogP contribution in [0.1, 0.15) is 11.1 Å². The molecule has 168 valence electrons. The zero-order valence-electron chi connectivity index (χ0n) is 16.6. The third-order valence-electron chi connectivity index (χ3n) is 4.87. The fraction of sp³-hybridized carbons (Fsp3) is 0.0526. The van der Waals surface area contributed by atoms with E-state index in [0.717, 1.165) is 12.1 Å². The van der Waals surface area contributed by atoms with Gasteiger partial charge in [0.1, 0.15) is 22.3 Å². The number of H-pyrrole nitrogens is 1. The van der Waals surface area contributed by atoms with Gasteiger partial charge in [0, 0.05) is 5.56 Å². The smallest absolute Gasteiger partial charge is 0.296 e. The fourth-order valence-electron chi connectivity index (χ4n) is 3.33. The molecule has 14 heteroatoms. The minimum Gasteiger partial charge on any atom is -0.338 e. The number of nitriles is 1. The lowest BCUT2D eigenvalue weighted by Crippen LogP contribution is -2.14. The number of nitrogens with one attached hydrogen (secondary N) is 1. The first kappa shape index (κ1) is 22.3. The van der Waals surface area contributed by atoms with Gasteiger partial charge in [-0.3, -0.25) is 18.3 Å². The Morgan fingerprint density at radius 1 is 1.03 bits per heavy atom. The zero-order chi connectivity index (χ0) is 24.1. The molecule has 0 saturated carbocycles. The van der Waals surface area contributed by atoms with E-state index in [1.807, 2.05) is 6.07 Å². The van der Waals surface area contributed by atoms with Crippen molar-refractivity contribution in [1.29, 1.82) is 5.26 Å². The number of hydrogen-bond acceptors (Lipinski definition) is 8. The van der Waals surface area contributed by atoms with E-state index in [0.29, 0.717) is 17.1 Å². The number of hydrogen-bond donors (Lipinski definition) is 3. The molecule has 4 aromatic rings. The molecule has 0 fully saturated rings. The molecule has 4 rings (SSSR count). The van der Waals surface area contributed by atoms with E-state index in [2.05, 4.69) is 15.2 Å². The number of rotatable bonds is 4. The third-order valence-corrected chi connectivity index (χ3v) is 6.60. The number of aromatic nitrogens is 2. The van der Waals surface area contributed by atoms with Crippen molar-refractivity contribution < 1.29 is 25.9 Å². The Morgan fingerprint density at radius 2 is 1.73 bits per heavy atom. The largest absolute Gasteiger partial charge is 0.338 e. The minimum atomic E-state index is -4.98. The highest BCUT2D eigenvalue weighted by Gasteiger charge is 2.22. The second-order valence-corrected chi connectivity index (χ2v) is 9.68. The highest BCUT2D eigenvalue weighted by molar-refractivity contribution is 7.86. The van der Waals surface area contributed by atoms with Crippen molar-refractivity contribution in [1.82, 2.24) is 9.38 Å². The van der Waals surface area contributed by atoms with Gasteiger partial charge in [-0.05, 0) is 37.3 Å². The van der Waals surface area contributed by atoms with Crippen LogP contribution < -0.4 is 5.56 Å². The molecule has 2 heterocycles. The van der Waals surface area contributed by atoms with Crippen LogP contribution in [-0.2, 0) is 20.2 Å². The number of imidazole rings is 1. The normalized spacial score (nSPS) is 12.5. The zero-order valence-corrected chi connectivity index (χ0v) is 18.2. The minimum absolute atomic E-state index is 0.108. The van der Waals surface area contributed by atoms with Gasteiger partial charge in [-0.1, -0.05) is 12.1 Å². The average molecular weight is 487 g/mol. The van der Waals surface area contributed by atoms with Gasteiger partial charge < -0.3 is 4.98 Å². The van der Waals surface area contributed by atoms with E-state index in [-0.39, 0.29) is 22.5 Å². The van der Waals surface area contributed by atoms with Gasteiger partial charge in [0.05, 0.1) is 21.5 Å². The molecule has 0 radical (unpaired) electrons. The van der Waals surface area contributed by atoms with Gasteiger partial charge in [-0.25, -0.2) is 0 Å². The number of nitrogens with zero attached hydrogens (tertiary/aromatic N) is 4. The molecule has 0 atom stereocenters. The number of aromatic amines is 1. The summed E-state index contributed by atoms with van der Waals surface area (Å²) in [5, 5.41) is 17.2. The number of para-hydroxylation sites is 2. The van der Waals surface area contributed by atoms with E-state index < -0.39 is 41.3 Å². The monoisotopic (exact) mass is 487 g/mol. The van der Waals surface area contributed by atoms with Crippen molar-refractivity contribution in [3.8, 4) is 6.07 Å². The van der Waals surface area contributed by atoms with Crippen LogP contribution >= 0.6 is 0 Å². The van der Waals surface area contributed by atoms with E-state index >= 15 is 0 Å². The van der Waals surface area contributed by atoms with Gasteiger partial charge in [0.2, 0.25) is 0 Å². The highest BCUT2D eigenvalue weighted by Crippen LogP contribution is 2.30.